The average molecular weight is 353 g/mol. The summed E-state index contributed by atoms with van der Waals surface area (Å²) in [5.74, 6) is 0.906. The second-order valence-electron chi connectivity index (χ2n) is 6.52. The van der Waals surface area contributed by atoms with Crippen LogP contribution in [-0.2, 0) is 9.59 Å². The van der Waals surface area contributed by atoms with Crippen molar-refractivity contribution in [1.29, 1.82) is 0 Å². The van der Waals surface area contributed by atoms with Gasteiger partial charge in [0.25, 0.3) is 0 Å². The van der Waals surface area contributed by atoms with Crippen LogP contribution < -0.4 is 10.1 Å². The van der Waals surface area contributed by atoms with E-state index in [9.17, 15) is 9.59 Å². The Hall–Kier alpha value is -2.40. The number of carbonyl (C=O) groups is 2. The van der Waals surface area contributed by atoms with Crippen molar-refractivity contribution < 1.29 is 14.3 Å². The van der Waals surface area contributed by atoms with Crippen molar-refractivity contribution in [3.8, 4) is 5.75 Å². The molecule has 2 aromatic rings. The van der Waals surface area contributed by atoms with Gasteiger partial charge in [0.05, 0.1) is 7.11 Å². The van der Waals surface area contributed by atoms with Gasteiger partial charge in [-0.1, -0.05) is 18.2 Å². The Morgan fingerprint density at radius 3 is 2.76 bits per heavy atom. The molecular formula is C20H19NO3S. The van der Waals surface area contributed by atoms with E-state index in [1.54, 1.807) is 18.4 Å². The second-order valence-corrected chi connectivity index (χ2v) is 7.50. The molecule has 1 amide bonds. The summed E-state index contributed by atoms with van der Waals surface area (Å²) >= 11 is 1.61. The molecule has 4 nitrogen and oxygen atoms in total. The number of amides is 1. The zero-order chi connectivity index (χ0) is 17.4. The van der Waals surface area contributed by atoms with Gasteiger partial charge >= 0.3 is 0 Å². The van der Waals surface area contributed by atoms with Gasteiger partial charge in [-0.25, -0.2) is 0 Å². The summed E-state index contributed by atoms with van der Waals surface area (Å²) in [4.78, 5) is 26.2. The van der Waals surface area contributed by atoms with E-state index in [0.717, 1.165) is 27.5 Å². The number of nitrogens with one attached hydrogen (secondary N) is 1. The summed E-state index contributed by atoms with van der Waals surface area (Å²) in [6.45, 7) is 0. The highest BCUT2D eigenvalue weighted by Crippen LogP contribution is 2.43. The van der Waals surface area contributed by atoms with Crippen molar-refractivity contribution in [3.05, 3.63) is 63.5 Å². The third-order valence-corrected chi connectivity index (χ3v) is 5.97. The largest absolute Gasteiger partial charge is 0.497 e. The van der Waals surface area contributed by atoms with E-state index >= 15 is 0 Å². The van der Waals surface area contributed by atoms with Crippen LogP contribution in [0.25, 0.3) is 0 Å². The minimum atomic E-state index is -0.0949. The smallest absolute Gasteiger partial charge is 0.225 e. The third kappa shape index (κ3) is 3.00. The Kier molecular flexibility index (Phi) is 4.17. The minimum absolute atomic E-state index is 0.00348. The molecule has 5 heteroatoms. The van der Waals surface area contributed by atoms with Crippen LogP contribution in [0.15, 0.2) is 53.0 Å². The number of ether oxygens (including phenoxy) is 1. The normalized spacial score (nSPS) is 23.2. The number of rotatable bonds is 3. The molecule has 1 aromatic carbocycles. The zero-order valence-electron chi connectivity index (χ0n) is 14.0. The lowest BCUT2D eigenvalue weighted by Crippen LogP contribution is -2.37. The van der Waals surface area contributed by atoms with E-state index in [2.05, 4.69) is 5.32 Å². The number of allylic oxidation sites excluding steroid dienone is 2. The molecule has 0 spiro atoms. The molecule has 1 aliphatic heterocycles. The van der Waals surface area contributed by atoms with Crippen LogP contribution in [-0.4, -0.2) is 18.8 Å². The van der Waals surface area contributed by atoms with Crippen LogP contribution in [0.1, 0.15) is 41.5 Å². The number of benzene rings is 1. The molecule has 1 N–H and O–H groups in total. The van der Waals surface area contributed by atoms with Crippen molar-refractivity contribution >= 4 is 23.0 Å². The Balaban J connectivity index is 1.69. The van der Waals surface area contributed by atoms with Gasteiger partial charge in [-0.05, 0) is 41.5 Å². The van der Waals surface area contributed by atoms with Crippen molar-refractivity contribution in [2.75, 3.05) is 7.11 Å². The van der Waals surface area contributed by atoms with Gasteiger partial charge in [-0.15, -0.1) is 11.3 Å². The number of carbonyl (C=O) groups excluding carboxylic acids is 2. The molecule has 2 aliphatic rings. The molecule has 1 aliphatic carbocycles. The van der Waals surface area contributed by atoms with Crippen LogP contribution in [0.2, 0.25) is 0 Å². The van der Waals surface area contributed by atoms with E-state index in [4.69, 9.17) is 4.74 Å². The molecule has 0 fully saturated rings. The molecule has 2 atom stereocenters. The predicted molar refractivity (Wildman–Crippen MR) is 96.8 cm³/mol. The third-order valence-electron chi connectivity index (χ3n) is 4.99. The Bertz CT molecular complexity index is 854. The summed E-state index contributed by atoms with van der Waals surface area (Å²) < 4.78 is 5.30. The summed E-state index contributed by atoms with van der Waals surface area (Å²) in [6, 6.07) is 11.8. The number of methoxy groups -OCH3 is 1. The summed E-state index contributed by atoms with van der Waals surface area (Å²) in [6.07, 6.45) is 1.51. The molecule has 2 heterocycles. The summed E-state index contributed by atoms with van der Waals surface area (Å²) in [5, 5.41) is 4.96. The van der Waals surface area contributed by atoms with E-state index in [0.29, 0.717) is 19.3 Å². The molecule has 2 unspecified atom stereocenters. The van der Waals surface area contributed by atoms with Crippen LogP contribution >= 0.6 is 11.3 Å². The highest BCUT2D eigenvalue weighted by molar-refractivity contribution is 7.10. The molecule has 1 aromatic heterocycles. The maximum atomic E-state index is 12.9. The molecule has 128 valence electrons. The highest BCUT2D eigenvalue weighted by Gasteiger charge is 2.38. The van der Waals surface area contributed by atoms with Crippen LogP contribution in [0.5, 0.6) is 5.75 Å². The SMILES string of the molecule is COc1cccc(C2CC(=O)C3=C(C2)NC(=O)CC3c2cccs2)c1. The van der Waals surface area contributed by atoms with Crippen LogP contribution in [0, 0.1) is 0 Å². The van der Waals surface area contributed by atoms with Crippen molar-refractivity contribution in [2.24, 2.45) is 0 Å². The van der Waals surface area contributed by atoms with E-state index in [1.165, 1.54) is 0 Å². The van der Waals surface area contributed by atoms with Gasteiger partial charge in [-0.3, -0.25) is 9.59 Å². The lowest BCUT2D eigenvalue weighted by molar-refractivity contribution is -0.122. The number of ketones is 1. The first-order valence-electron chi connectivity index (χ1n) is 8.39. The first-order valence-corrected chi connectivity index (χ1v) is 9.27. The fourth-order valence-electron chi connectivity index (χ4n) is 3.82. The van der Waals surface area contributed by atoms with Gasteiger partial charge in [0.2, 0.25) is 5.91 Å². The minimum Gasteiger partial charge on any atom is -0.497 e. The van der Waals surface area contributed by atoms with E-state index < -0.39 is 0 Å². The second kappa shape index (κ2) is 6.48. The monoisotopic (exact) mass is 353 g/mol. The Morgan fingerprint density at radius 1 is 1.12 bits per heavy atom. The molecule has 0 saturated carbocycles. The van der Waals surface area contributed by atoms with Gasteiger partial charge < -0.3 is 10.1 Å². The molecule has 4 rings (SSSR count). The van der Waals surface area contributed by atoms with Gasteiger partial charge in [-0.2, -0.15) is 0 Å². The molecular weight excluding hydrogens is 334 g/mol. The van der Waals surface area contributed by atoms with E-state index in [-0.39, 0.29) is 23.5 Å². The Morgan fingerprint density at radius 2 is 2.00 bits per heavy atom. The summed E-state index contributed by atoms with van der Waals surface area (Å²) in [5.41, 5.74) is 2.69. The standard InChI is InChI=1S/C20H19NO3S/c1-24-14-5-2-4-12(8-14)13-9-16-20(17(22)10-13)15(11-19(23)21-16)18-6-3-7-25-18/h2-8,13,15H,9-11H2,1H3,(H,21,23). The molecule has 0 bridgehead atoms. The van der Waals surface area contributed by atoms with Crippen LogP contribution in [0.3, 0.4) is 0 Å². The van der Waals surface area contributed by atoms with E-state index in [1.807, 2.05) is 41.8 Å². The van der Waals surface area contributed by atoms with Crippen molar-refractivity contribution in [3.63, 3.8) is 0 Å². The van der Waals surface area contributed by atoms with Gasteiger partial charge in [0, 0.05) is 34.9 Å². The lowest BCUT2D eigenvalue weighted by Gasteiger charge is -2.34. The number of hydrogen-bond acceptors (Lipinski definition) is 4. The maximum Gasteiger partial charge on any atom is 0.225 e. The lowest BCUT2D eigenvalue weighted by atomic mass is 9.75. The highest BCUT2D eigenvalue weighted by atomic mass is 32.1. The topological polar surface area (TPSA) is 55.4 Å². The van der Waals surface area contributed by atoms with Crippen molar-refractivity contribution in [1.82, 2.24) is 5.32 Å². The van der Waals surface area contributed by atoms with Gasteiger partial charge in [0.15, 0.2) is 5.78 Å². The molecule has 25 heavy (non-hydrogen) atoms. The van der Waals surface area contributed by atoms with Gasteiger partial charge in [0.1, 0.15) is 5.75 Å². The molecule has 0 saturated heterocycles. The quantitative estimate of drug-likeness (QED) is 0.914. The fourth-order valence-corrected chi connectivity index (χ4v) is 4.66. The number of thiophene rings is 1. The van der Waals surface area contributed by atoms with Crippen LogP contribution in [0.4, 0.5) is 0 Å². The number of Topliss-reactive ketones (excluding diaryl/α,β-unsaturated/α-hetero) is 1. The first-order chi connectivity index (χ1) is 12.2. The predicted octanol–water partition coefficient (Wildman–Crippen LogP) is 3.76. The maximum absolute atomic E-state index is 12.9. The fraction of sp³-hybridized carbons (Fsp3) is 0.300. The zero-order valence-corrected chi connectivity index (χ0v) is 14.8. The van der Waals surface area contributed by atoms with Crippen molar-refractivity contribution in [2.45, 2.75) is 31.1 Å². The first kappa shape index (κ1) is 16.1. The Labute approximate surface area is 150 Å². The number of hydrogen-bond donors (Lipinski definition) is 1. The molecule has 0 radical (unpaired) electrons. The average Bonchev–Trinajstić information content (AvgIpc) is 3.15. The summed E-state index contributed by atoms with van der Waals surface area (Å²) in [7, 11) is 1.64.